The van der Waals surface area contributed by atoms with Crippen LogP contribution in [-0.2, 0) is 26.2 Å². The molecule has 10 heteroatoms. The Hall–Kier alpha value is -3.11. The molecule has 34 heavy (non-hydrogen) atoms. The Bertz CT molecular complexity index is 1090. The van der Waals surface area contributed by atoms with Gasteiger partial charge in [0, 0.05) is 38.2 Å². The summed E-state index contributed by atoms with van der Waals surface area (Å²) in [6.07, 6.45) is 1.31. The van der Waals surface area contributed by atoms with Crippen LogP contribution in [0.25, 0.3) is 0 Å². The van der Waals surface area contributed by atoms with Gasteiger partial charge in [0.2, 0.25) is 21.8 Å². The average molecular weight is 490 g/mol. The van der Waals surface area contributed by atoms with E-state index >= 15 is 0 Å². The number of methoxy groups -OCH3 is 2. The fourth-order valence-corrected chi connectivity index (χ4v) is 5.37. The molecule has 0 aromatic heterocycles. The van der Waals surface area contributed by atoms with Gasteiger partial charge < -0.3 is 20.1 Å². The quantitative estimate of drug-likeness (QED) is 0.527. The van der Waals surface area contributed by atoms with Crippen molar-refractivity contribution >= 4 is 21.8 Å². The Labute approximate surface area is 200 Å². The number of hydrogen-bond acceptors (Lipinski definition) is 6. The Kier molecular flexibility index (Phi) is 8.89. The van der Waals surface area contributed by atoms with Crippen molar-refractivity contribution in [3.05, 3.63) is 54.1 Å². The van der Waals surface area contributed by atoms with Crippen LogP contribution >= 0.6 is 0 Å². The lowest BCUT2D eigenvalue weighted by Crippen LogP contribution is -2.45. The van der Waals surface area contributed by atoms with E-state index in [2.05, 4.69) is 10.6 Å². The van der Waals surface area contributed by atoms with E-state index in [9.17, 15) is 18.0 Å². The summed E-state index contributed by atoms with van der Waals surface area (Å²) in [5.41, 5.74) is 0.864. The first-order chi connectivity index (χ1) is 16.3. The highest BCUT2D eigenvalue weighted by Crippen LogP contribution is 2.25. The van der Waals surface area contributed by atoms with Gasteiger partial charge in [0.05, 0.1) is 25.0 Å². The number of piperidine rings is 1. The molecule has 1 aliphatic heterocycles. The molecule has 0 spiro atoms. The number of ether oxygens (including phenoxy) is 2. The molecule has 1 atom stereocenters. The standard InChI is InChI=1S/C24H31N3O6S/c1-32-20-9-11-21(12-10-20)34(30,31)27-15-5-7-19(17-27)24(29)25-14-13-23(28)26-16-18-6-3-4-8-22(18)33-2/h3-4,6,8-12,19H,5,7,13-17H2,1-2H3,(H,25,29)(H,26,28). The maximum absolute atomic E-state index is 13.0. The summed E-state index contributed by atoms with van der Waals surface area (Å²) in [6, 6.07) is 13.6. The first kappa shape index (κ1) is 25.5. The summed E-state index contributed by atoms with van der Waals surface area (Å²) in [4.78, 5) is 25.0. The van der Waals surface area contributed by atoms with Crippen LogP contribution in [0.3, 0.4) is 0 Å². The van der Waals surface area contributed by atoms with Gasteiger partial charge in [-0.3, -0.25) is 9.59 Å². The van der Waals surface area contributed by atoms with Crippen LogP contribution in [0.2, 0.25) is 0 Å². The number of carbonyl (C=O) groups is 2. The highest BCUT2D eigenvalue weighted by molar-refractivity contribution is 7.89. The topological polar surface area (TPSA) is 114 Å². The van der Waals surface area contributed by atoms with E-state index in [4.69, 9.17) is 9.47 Å². The Morgan fingerprint density at radius 1 is 1.03 bits per heavy atom. The van der Waals surface area contributed by atoms with Gasteiger partial charge in [0.25, 0.3) is 0 Å². The number of amides is 2. The zero-order chi connectivity index (χ0) is 24.6. The number of rotatable bonds is 10. The molecule has 184 valence electrons. The summed E-state index contributed by atoms with van der Waals surface area (Å²) in [6.45, 7) is 0.986. The summed E-state index contributed by atoms with van der Waals surface area (Å²) < 4.78 is 37.7. The number of sulfonamides is 1. The maximum Gasteiger partial charge on any atom is 0.243 e. The van der Waals surface area contributed by atoms with Crippen LogP contribution in [0, 0.1) is 5.92 Å². The van der Waals surface area contributed by atoms with Crippen molar-refractivity contribution in [1.82, 2.24) is 14.9 Å². The lowest BCUT2D eigenvalue weighted by molar-refractivity contribution is -0.126. The molecule has 1 heterocycles. The van der Waals surface area contributed by atoms with E-state index in [1.54, 1.807) is 19.2 Å². The van der Waals surface area contributed by atoms with Crippen molar-refractivity contribution in [2.45, 2.75) is 30.7 Å². The second-order valence-electron chi connectivity index (χ2n) is 8.01. The van der Waals surface area contributed by atoms with Gasteiger partial charge in [-0.1, -0.05) is 18.2 Å². The lowest BCUT2D eigenvalue weighted by Gasteiger charge is -2.31. The van der Waals surface area contributed by atoms with Gasteiger partial charge in [-0.15, -0.1) is 0 Å². The largest absolute Gasteiger partial charge is 0.497 e. The second kappa shape index (κ2) is 11.8. The van der Waals surface area contributed by atoms with E-state index in [0.29, 0.717) is 37.4 Å². The van der Waals surface area contributed by atoms with Gasteiger partial charge >= 0.3 is 0 Å². The summed E-state index contributed by atoms with van der Waals surface area (Å²) >= 11 is 0. The zero-order valence-corrected chi connectivity index (χ0v) is 20.3. The van der Waals surface area contributed by atoms with Gasteiger partial charge in [-0.2, -0.15) is 4.31 Å². The van der Waals surface area contributed by atoms with Crippen LogP contribution in [0.5, 0.6) is 11.5 Å². The molecule has 1 fully saturated rings. The van der Waals surface area contributed by atoms with E-state index in [1.807, 2.05) is 24.3 Å². The van der Waals surface area contributed by atoms with Crippen LogP contribution in [0.1, 0.15) is 24.8 Å². The molecule has 2 amide bonds. The minimum absolute atomic E-state index is 0.111. The Balaban J connectivity index is 1.47. The maximum atomic E-state index is 13.0. The molecule has 0 aliphatic carbocycles. The third-order valence-corrected chi connectivity index (χ3v) is 7.65. The first-order valence-electron chi connectivity index (χ1n) is 11.2. The normalized spacial score (nSPS) is 16.5. The molecule has 0 saturated carbocycles. The third-order valence-electron chi connectivity index (χ3n) is 5.77. The number of para-hydroxylation sites is 1. The first-order valence-corrected chi connectivity index (χ1v) is 12.6. The van der Waals surface area contributed by atoms with E-state index in [0.717, 1.165) is 5.56 Å². The molecule has 2 N–H and O–H groups in total. The molecule has 0 radical (unpaired) electrons. The third kappa shape index (κ3) is 6.48. The minimum atomic E-state index is -3.70. The summed E-state index contributed by atoms with van der Waals surface area (Å²) in [7, 11) is -0.614. The van der Waals surface area contributed by atoms with Crippen LogP contribution in [0.4, 0.5) is 0 Å². The molecule has 2 aromatic carbocycles. The van der Waals surface area contributed by atoms with E-state index < -0.39 is 15.9 Å². The molecule has 2 aromatic rings. The van der Waals surface area contributed by atoms with E-state index in [-0.39, 0.29) is 36.2 Å². The monoisotopic (exact) mass is 489 g/mol. The number of benzene rings is 2. The molecule has 0 bridgehead atoms. The summed E-state index contributed by atoms with van der Waals surface area (Å²) in [5, 5.41) is 5.58. The van der Waals surface area contributed by atoms with Crippen molar-refractivity contribution in [2.75, 3.05) is 33.9 Å². The smallest absolute Gasteiger partial charge is 0.243 e. The van der Waals surface area contributed by atoms with Gasteiger partial charge in [0.1, 0.15) is 11.5 Å². The Morgan fingerprint density at radius 3 is 2.47 bits per heavy atom. The van der Waals surface area contributed by atoms with Crippen molar-refractivity contribution in [3.8, 4) is 11.5 Å². The van der Waals surface area contributed by atoms with Crippen molar-refractivity contribution < 1.29 is 27.5 Å². The van der Waals surface area contributed by atoms with Gasteiger partial charge in [-0.05, 0) is 43.2 Å². The lowest BCUT2D eigenvalue weighted by atomic mass is 9.99. The SMILES string of the molecule is COc1ccc(S(=O)(=O)N2CCCC(C(=O)NCCC(=O)NCc3ccccc3OC)C2)cc1. The highest BCUT2D eigenvalue weighted by Gasteiger charge is 2.33. The highest BCUT2D eigenvalue weighted by atomic mass is 32.2. The van der Waals surface area contributed by atoms with Gasteiger partial charge in [-0.25, -0.2) is 8.42 Å². The molecule has 3 rings (SSSR count). The number of hydrogen-bond donors (Lipinski definition) is 2. The van der Waals surface area contributed by atoms with Crippen LogP contribution < -0.4 is 20.1 Å². The van der Waals surface area contributed by atoms with Gasteiger partial charge in [0.15, 0.2) is 0 Å². The number of nitrogens with one attached hydrogen (secondary N) is 2. The van der Waals surface area contributed by atoms with Crippen LogP contribution in [-0.4, -0.2) is 58.4 Å². The second-order valence-corrected chi connectivity index (χ2v) is 9.95. The molecule has 1 saturated heterocycles. The number of nitrogens with zero attached hydrogens (tertiary/aromatic N) is 1. The average Bonchev–Trinajstić information content (AvgIpc) is 2.87. The van der Waals surface area contributed by atoms with Crippen LogP contribution in [0.15, 0.2) is 53.4 Å². The molecule has 1 aliphatic rings. The fourth-order valence-electron chi connectivity index (χ4n) is 3.85. The van der Waals surface area contributed by atoms with Crippen molar-refractivity contribution in [2.24, 2.45) is 5.92 Å². The number of carbonyl (C=O) groups excluding carboxylic acids is 2. The molecule has 1 unspecified atom stereocenters. The van der Waals surface area contributed by atoms with Crippen molar-refractivity contribution in [1.29, 1.82) is 0 Å². The molecular formula is C24H31N3O6S. The van der Waals surface area contributed by atoms with Crippen molar-refractivity contribution in [3.63, 3.8) is 0 Å². The predicted molar refractivity (Wildman–Crippen MR) is 127 cm³/mol. The minimum Gasteiger partial charge on any atom is -0.497 e. The molecule has 9 nitrogen and oxygen atoms in total. The summed E-state index contributed by atoms with van der Waals surface area (Å²) in [5.74, 6) is 0.369. The predicted octanol–water partition coefficient (Wildman–Crippen LogP) is 1.93. The van der Waals surface area contributed by atoms with E-state index in [1.165, 1.54) is 23.5 Å². The zero-order valence-electron chi connectivity index (χ0n) is 19.5. The molecular weight excluding hydrogens is 458 g/mol. The Morgan fingerprint density at radius 2 is 1.76 bits per heavy atom. The fraction of sp³-hybridized carbons (Fsp3) is 0.417.